The zero-order chi connectivity index (χ0) is 22.1. The van der Waals surface area contributed by atoms with Crippen molar-refractivity contribution in [3.05, 3.63) is 35.2 Å². The van der Waals surface area contributed by atoms with Gasteiger partial charge in [-0.25, -0.2) is 8.42 Å². The number of nitrogens with one attached hydrogen (secondary N) is 2. The number of amides is 2. The molecule has 3 rings (SSSR count). The van der Waals surface area contributed by atoms with Crippen molar-refractivity contribution in [2.75, 3.05) is 23.7 Å². The minimum atomic E-state index is -3.81. The molecule has 162 valence electrons. The van der Waals surface area contributed by atoms with Gasteiger partial charge in [0.1, 0.15) is 10.6 Å². The van der Waals surface area contributed by atoms with Gasteiger partial charge in [-0.15, -0.1) is 0 Å². The molecule has 30 heavy (non-hydrogen) atoms. The summed E-state index contributed by atoms with van der Waals surface area (Å²) < 4.78 is 32.5. The Hall–Kier alpha value is -2.72. The maximum absolute atomic E-state index is 13.1. The van der Waals surface area contributed by atoms with Crippen LogP contribution in [0.1, 0.15) is 36.8 Å². The van der Waals surface area contributed by atoms with Crippen LogP contribution in [-0.4, -0.2) is 42.8 Å². The molecule has 9 nitrogen and oxygen atoms in total. The predicted octanol–water partition coefficient (Wildman–Crippen LogP) is 2.60. The molecule has 0 aliphatic carbocycles. The van der Waals surface area contributed by atoms with E-state index in [1.807, 2.05) is 13.0 Å². The molecule has 1 unspecified atom stereocenters. The van der Waals surface area contributed by atoms with E-state index >= 15 is 0 Å². The second-order valence-corrected chi connectivity index (χ2v) is 9.45. The molecule has 1 aromatic carbocycles. The van der Waals surface area contributed by atoms with Crippen LogP contribution in [-0.2, 0) is 19.6 Å². The maximum Gasteiger partial charge on any atom is 0.248 e. The minimum Gasteiger partial charge on any atom is -0.360 e. The monoisotopic (exact) mass is 434 g/mol. The summed E-state index contributed by atoms with van der Waals surface area (Å²) in [5.74, 6) is -0.812. The summed E-state index contributed by atoms with van der Waals surface area (Å²) >= 11 is 0. The fraction of sp³-hybridized carbons (Fsp3) is 0.450. The Labute approximate surface area is 175 Å². The third-order valence-electron chi connectivity index (χ3n) is 5.06. The van der Waals surface area contributed by atoms with Crippen molar-refractivity contribution in [2.45, 2.75) is 45.4 Å². The van der Waals surface area contributed by atoms with Crippen LogP contribution in [0.5, 0.6) is 0 Å². The lowest BCUT2D eigenvalue weighted by atomic mass is 9.98. The number of aromatic nitrogens is 1. The molecule has 1 aliphatic heterocycles. The molecule has 2 N–H and O–H groups in total. The highest BCUT2D eigenvalue weighted by atomic mass is 32.2. The lowest BCUT2D eigenvalue weighted by Crippen LogP contribution is -2.44. The number of benzene rings is 1. The SMILES string of the molecule is CC(=O)Nc1ccc(C)cc1NC(=O)C1CCCN(S(=O)(=O)c2c(C)noc2C)C1. The van der Waals surface area contributed by atoms with Gasteiger partial charge in [0.05, 0.1) is 17.3 Å². The molecular formula is C20H26N4O5S. The lowest BCUT2D eigenvalue weighted by molar-refractivity contribution is -0.121. The van der Waals surface area contributed by atoms with E-state index in [1.54, 1.807) is 26.0 Å². The molecular weight excluding hydrogens is 408 g/mol. The van der Waals surface area contributed by atoms with Crippen molar-refractivity contribution in [1.82, 2.24) is 9.46 Å². The van der Waals surface area contributed by atoms with Gasteiger partial charge in [0, 0.05) is 20.0 Å². The number of hydrogen-bond acceptors (Lipinski definition) is 6. The van der Waals surface area contributed by atoms with E-state index < -0.39 is 15.9 Å². The Bertz CT molecular complexity index is 1060. The first-order chi connectivity index (χ1) is 14.1. The Morgan fingerprint density at radius 1 is 1.17 bits per heavy atom. The fourth-order valence-corrected chi connectivity index (χ4v) is 5.46. The van der Waals surface area contributed by atoms with Crippen molar-refractivity contribution in [1.29, 1.82) is 0 Å². The minimum absolute atomic E-state index is 0.0650. The number of anilines is 2. The molecule has 1 atom stereocenters. The van der Waals surface area contributed by atoms with E-state index in [9.17, 15) is 18.0 Å². The largest absolute Gasteiger partial charge is 0.360 e. The van der Waals surface area contributed by atoms with Gasteiger partial charge in [-0.2, -0.15) is 4.31 Å². The maximum atomic E-state index is 13.1. The Morgan fingerprint density at radius 3 is 2.53 bits per heavy atom. The average Bonchev–Trinajstić information content (AvgIpc) is 3.02. The van der Waals surface area contributed by atoms with Crippen molar-refractivity contribution >= 4 is 33.2 Å². The van der Waals surface area contributed by atoms with Gasteiger partial charge in [0.2, 0.25) is 21.8 Å². The molecule has 1 fully saturated rings. The van der Waals surface area contributed by atoms with Crippen LogP contribution in [0.3, 0.4) is 0 Å². The average molecular weight is 435 g/mol. The van der Waals surface area contributed by atoms with Gasteiger partial charge in [0.15, 0.2) is 5.76 Å². The highest BCUT2D eigenvalue weighted by Crippen LogP contribution is 2.29. The standard InChI is InChI=1S/C20H26N4O5S/c1-12-7-8-17(21-15(4)25)18(10-12)22-20(26)16-6-5-9-24(11-16)30(27,28)19-13(2)23-29-14(19)3/h7-8,10,16H,5-6,9,11H2,1-4H3,(H,21,25)(H,22,26). The molecule has 10 heteroatoms. The van der Waals surface area contributed by atoms with Crippen LogP contribution in [0.2, 0.25) is 0 Å². The number of hydrogen-bond donors (Lipinski definition) is 2. The van der Waals surface area contributed by atoms with Crippen LogP contribution >= 0.6 is 0 Å². The number of piperidine rings is 1. The van der Waals surface area contributed by atoms with E-state index in [2.05, 4.69) is 15.8 Å². The molecule has 2 aromatic rings. The van der Waals surface area contributed by atoms with Crippen molar-refractivity contribution in [3.8, 4) is 0 Å². The van der Waals surface area contributed by atoms with Crippen molar-refractivity contribution < 1.29 is 22.5 Å². The van der Waals surface area contributed by atoms with Crippen LogP contribution in [0.15, 0.2) is 27.6 Å². The van der Waals surface area contributed by atoms with E-state index in [-0.39, 0.29) is 29.0 Å². The number of rotatable bonds is 5. The summed E-state index contributed by atoms with van der Waals surface area (Å²) in [5, 5.41) is 9.28. The van der Waals surface area contributed by atoms with Gasteiger partial charge in [-0.05, 0) is 51.3 Å². The Morgan fingerprint density at radius 2 is 1.90 bits per heavy atom. The van der Waals surface area contributed by atoms with Gasteiger partial charge in [-0.1, -0.05) is 11.2 Å². The summed E-state index contributed by atoms with van der Waals surface area (Å²) in [6.45, 7) is 6.81. The summed E-state index contributed by atoms with van der Waals surface area (Å²) in [6, 6.07) is 5.32. The van der Waals surface area contributed by atoms with E-state index in [0.717, 1.165) is 5.56 Å². The fourth-order valence-electron chi connectivity index (χ4n) is 3.64. The molecule has 2 heterocycles. The van der Waals surface area contributed by atoms with Gasteiger partial charge in [-0.3, -0.25) is 9.59 Å². The Kier molecular flexibility index (Phi) is 6.27. The number of carbonyl (C=O) groups excluding carboxylic acids is 2. The Balaban J connectivity index is 1.79. The first-order valence-corrected chi connectivity index (χ1v) is 11.2. The van der Waals surface area contributed by atoms with Crippen LogP contribution in [0, 0.1) is 26.7 Å². The highest BCUT2D eigenvalue weighted by Gasteiger charge is 2.36. The molecule has 0 bridgehead atoms. The summed E-state index contributed by atoms with van der Waals surface area (Å²) in [5.41, 5.74) is 2.21. The summed E-state index contributed by atoms with van der Waals surface area (Å²) in [4.78, 5) is 24.4. The lowest BCUT2D eigenvalue weighted by Gasteiger charge is -2.31. The van der Waals surface area contributed by atoms with Gasteiger partial charge < -0.3 is 15.2 Å². The molecule has 1 aromatic heterocycles. The van der Waals surface area contributed by atoms with Gasteiger partial charge in [0.25, 0.3) is 0 Å². The normalized spacial score (nSPS) is 17.5. The molecule has 0 saturated carbocycles. The van der Waals surface area contributed by atoms with E-state index in [0.29, 0.717) is 36.5 Å². The molecule has 1 saturated heterocycles. The molecule has 2 amide bonds. The number of aryl methyl sites for hydroxylation is 3. The van der Waals surface area contributed by atoms with Crippen LogP contribution in [0.4, 0.5) is 11.4 Å². The molecule has 1 aliphatic rings. The first-order valence-electron chi connectivity index (χ1n) is 9.71. The second kappa shape index (κ2) is 8.57. The van der Waals surface area contributed by atoms with Crippen LogP contribution in [0.25, 0.3) is 0 Å². The van der Waals surface area contributed by atoms with E-state index in [4.69, 9.17) is 4.52 Å². The summed E-state index contributed by atoms with van der Waals surface area (Å²) in [6.07, 6.45) is 1.13. The second-order valence-electron chi connectivity index (χ2n) is 7.57. The predicted molar refractivity (Wildman–Crippen MR) is 112 cm³/mol. The number of sulfonamides is 1. The smallest absolute Gasteiger partial charge is 0.248 e. The van der Waals surface area contributed by atoms with Crippen LogP contribution < -0.4 is 10.6 Å². The summed E-state index contributed by atoms with van der Waals surface area (Å²) in [7, 11) is -3.81. The highest BCUT2D eigenvalue weighted by molar-refractivity contribution is 7.89. The number of nitrogens with zero attached hydrogens (tertiary/aromatic N) is 2. The number of carbonyl (C=O) groups is 2. The first kappa shape index (κ1) is 22.0. The van der Waals surface area contributed by atoms with Crippen molar-refractivity contribution in [2.24, 2.45) is 5.92 Å². The quantitative estimate of drug-likeness (QED) is 0.746. The third kappa shape index (κ3) is 4.54. The van der Waals surface area contributed by atoms with Crippen molar-refractivity contribution in [3.63, 3.8) is 0 Å². The zero-order valence-electron chi connectivity index (χ0n) is 17.5. The molecule has 0 radical (unpaired) electrons. The van der Waals surface area contributed by atoms with Gasteiger partial charge >= 0.3 is 0 Å². The van der Waals surface area contributed by atoms with E-state index in [1.165, 1.54) is 11.2 Å². The third-order valence-corrected chi connectivity index (χ3v) is 7.17. The molecule has 0 spiro atoms. The zero-order valence-corrected chi connectivity index (χ0v) is 18.3. The topological polar surface area (TPSA) is 122 Å².